The van der Waals surface area contributed by atoms with Crippen molar-refractivity contribution in [3.8, 4) is 11.5 Å². The minimum Gasteiger partial charge on any atom is -0.494 e. The summed E-state index contributed by atoms with van der Waals surface area (Å²) in [6.45, 7) is 3.68. The van der Waals surface area contributed by atoms with Crippen molar-refractivity contribution in [1.82, 2.24) is 4.90 Å². The van der Waals surface area contributed by atoms with Crippen LogP contribution in [-0.2, 0) is 16.0 Å². The molecular weight excluding hydrogens is 508 g/mol. The second-order valence-corrected chi connectivity index (χ2v) is 8.85. The number of carboxylic acid groups (broad SMARTS) is 1. The first-order valence-electron chi connectivity index (χ1n) is 12.5. The Kier molecular flexibility index (Phi) is 11.7. The summed E-state index contributed by atoms with van der Waals surface area (Å²) in [6.07, 6.45) is 0.0281. The van der Waals surface area contributed by atoms with Gasteiger partial charge in [-0.2, -0.15) is 0 Å². The van der Waals surface area contributed by atoms with Crippen molar-refractivity contribution < 1.29 is 28.9 Å². The Labute approximate surface area is 228 Å². The SMILES string of the molecule is CCOC(Cc1ccc(OCCN(CCCOc2ccccc2)C(=O)Nc2ccc(Cl)cc2)cc1)C(=O)O. The van der Waals surface area contributed by atoms with Gasteiger partial charge in [0.05, 0.1) is 13.2 Å². The van der Waals surface area contributed by atoms with E-state index in [9.17, 15) is 14.7 Å². The Hall–Kier alpha value is -3.75. The van der Waals surface area contributed by atoms with Crippen molar-refractivity contribution in [2.75, 3.05) is 38.2 Å². The predicted molar refractivity (Wildman–Crippen MR) is 147 cm³/mol. The minimum atomic E-state index is -0.988. The van der Waals surface area contributed by atoms with Gasteiger partial charge in [0.2, 0.25) is 0 Å². The number of carbonyl (C=O) groups is 2. The van der Waals surface area contributed by atoms with Crippen LogP contribution < -0.4 is 14.8 Å². The van der Waals surface area contributed by atoms with Crippen molar-refractivity contribution in [3.05, 3.63) is 89.4 Å². The molecule has 1 atom stereocenters. The van der Waals surface area contributed by atoms with Crippen LogP contribution in [0.25, 0.3) is 0 Å². The highest BCUT2D eigenvalue weighted by molar-refractivity contribution is 6.30. The van der Waals surface area contributed by atoms with Gasteiger partial charge in [-0.05, 0) is 67.4 Å². The Bertz CT molecular complexity index is 1130. The number of halogens is 1. The highest BCUT2D eigenvalue weighted by Gasteiger charge is 2.18. The third kappa shape index (κ3) is 9.95. The number of hydrogen-bond acceptors (Lipinski definition) is 5. The molecule has 1 unspecified atom stereocenters. The van der Waals surface area contributed by atoms with Gasteiger partial charge in [-0.1, -0.05) is 41.9 Å². The van der Waals surface area contributed by atoms with E-state index in [0.29, 0.717) is 49.2 Å². The molecule has 0 aliphatic carbocycles. The number of rotatable bonds is 15. The Balaban J connectivity index is 1.53. The van der Waals surface area contributed by atoms with Crippen molar-refractivity contribution in [2.45, 2.75) is 25.9 Å². The minimum absolute atomic E-state index is 0.249. The lowest BCUT2D eigenvalue weighted by Crippen LogP contribution is -2.39. The van der Waals surface area contributed by atoms with Gasteiger partial charge in [0, 0.05) is 30.3 Å². The molecule has 0 spiro atoms. The molecule has 0 heterocycles. The van der Waals surface area contributed by atoms with E-state index in [1.807, 2.05) is 42.5 Å². The standard InChI is InChI=1S/C29H33ClN2O6/c1-2-36-27(28(33)34)21-22-9-15-26(16-10-22)38-20-18-32(17-6-19-37-25-7-4-3-5-8-25)29(35)31-24-13-11-23(30)12-14-24/h3-5,7-16,27H,2,6,17-21H2,1H3,(H,31,35)(H,33,34). The predicted octanol–water partition coefficient (Wildman–Crippen LogP) is 5.75. The topological polar surface area (TPSA) is 97.3 Å². The molecule has 0 aliphatic rings. The average molecular weight is 541 g/mol. The lowest BCUT2D eigenvalue weighted by molar-refractivity contribution is -0.149. The van der Waals surface area contributed by atoms with Gasteiger partial charge in [-0.15, -0.1) is 0 Å². The largest absolute Gasteiger partial charge is 0.494 e. The molecule has 0 radical (unpaired) electrons. The number of nitrogens with zero attached hydrogens (tertiary/aromatic N) is 1. The third-order valence-electron chi connectivity index (χ3n) is 5.58. The van der Waals surface area contributed by atoms with Crippen LogP contribution in [0.5, 0.6) is 11.5 Å². The Morgan fingerprint density at radius 2 is 1.55 bits per heavy atom. The summed E-state index contributed by atoms with van der Waals surface area (Å²) in [5.41, 5.74) is 1.48. The summed E-state index contributed by atoms with van der Waals surface area (Å²) >= 11 is 5.95. The zero-order chi connectivity index (χ0) is 27.2. The number of nitrogens with one attached hydrogen (secondary N) is 1. The van der Waals surface area contributed by atoms with E-state index in [1.54, 1.807) is 48.2 Å². The zero-order valence-corrected chi connectivity index (χ0v) is 22.1. The van der Waals surface area contributed by atoms with Gasteiger partial charge in [0.25, 0.3) is 0 Å². The third-order valence-corrected chi connectivity index (χ3v) is 5.84. The quantitative estimate of drug-likeness (QED) is 0.238. The van der Waals surface area contributed by atoms with Crippen LogP contribution in [0.4, 0.5) is 10.5 Å². The van der Waals surface area contributed by atoms with Crippen LogP contribution in [0.1, 0.15) is 18.9 Å². The molecule has 3 aromatic carbocycles. The molecule has 0 saturated heterocycles. The van der Waals surface area contributed by atoms with E-state index < -0.39 is 12.1 Å². The molecule has 38 heavy (non-hydrogen) atoms. The van der Waals surface area contributed by atoms with Crippen LogP contribution in [0, 0.1) is 0 Å². The first-order chi connectivity index (χ1) is 18.4. The molecule has 0 aliphatic heterocycles. The molecule has 9 heteroatoms. The zero-order valence-electron chi connectivity index (χ0n) is 21.3. The van der Waals surface area contributed by atoms with Gasteiger partial charge in [0.1, 0.15) is 18.1 Å². The number of carboxylic acids is 1. The van der Waals surface area contributed by atoms with Crippen LogP contribution >= 0.6 is 11.6 Å². The number of carbonyl (C=O) groups excluding carboxylic acids is 1. The molecule has 8 nitrogen and oxygen atoms in total. The second-order valence-electron chi connectivity index (χ2n) is 8.42. The van der Waals surface area contributed by atoms with E-state index in [0.717, 1.165) is 11.3 Å². The van der Waals surface area contributed by atoms with E-state index in [1.165, 1.54) is 0 Å². The number of urea groups is 1. The molecule has 3 aromatic rings. The smallest absolute Gasteiger partial charge is 0.333 e. The van der Waals surface area contributed by atoms with Crippen molar-refractivity contribution >= 4 is 29.3 Å². The van der Waals surface area contributed by atoms with Crippen LogP contribution in [0.15, 0.2) is 78.9 Å². The summed E-state index contributed by atoms with van der Waals surface area (Å²) in [6, 6.07) is 23.4. The lowest BCUT2D eigenvalue weighted by Gasteiger charge is -2.23. The fourth-order valence-corrected chi connectivity index (χ4v) is 3.77. The monoisotopic (exact) mass is 540 g/mol. The molecule has 0 aromatic heterocycles. The van der Waals surface area contributed by atoms with Crippen LogP contribution in [0.3, 0.4) is 0 Å². The van der Waals surface area contributed by atoms with E-state index in [-0.39, 0.29) is 19.1 Å². The molecule has 0 bridgehead atoms. The lowest BCUT2D eigenvalue weighted by atomic mass is 10.1. The maximum atomic E-state index is 13.0. The normalized spacial score (nSPS) is 11.4. The fraction of sp³-hybridized carbons (Fsp3) is 0.310. The number of amides is 2. The highest BCUT2D eigenvalue weighted by Crippen LogP contribution is 2.16. The summed E-state index contributed by atoms with van der Waals surface area (Å²) < 4.78 is 16.9. The highest BCUT2D eigenvalue weighted by atomic mass is 35.5. The van der Waals surface area contributed by atoms with Gasteiger partial charge >= 0.3 is 12.0 Å². The second kappa shape index (κ2) is 15.5. The molecule has 202 valence electrons. The Morgan fingerprint density at radius 1 is 0.895 bits per heavy atom. The molecule has 2 N–H and O–H groups in total. The Morgan fingerprint density at radius 3 is 2.21 bits per heavy atom. The van der Waals surface area contributed by atoms with Crippen LogP contribution in [-0.4, -0.2) is 61.0 Å². The van der Waals surface area contributed by atoms with E-state index in [2.05, 4.69) is 5.32 Å². The van der Waals surface area contributed by atoms with Crippen LogP contribution in [0.2, 0.25) is 5.02 Å². The summed E-state index contributed by atoms with van der Waals surface area (Å²) in [5, 5.41) is 12.8. The number of benzene rings is 3. The molecule has 0 fully saturated rings. The fourth-order valence-electron chi connectivity index (χ4n) is 3.64. The number of aliphatic carboxylic acids is 1. The molecule has 2 amide bonds. The molecule has 0 saturated carbocycles. The number of ether oxygens (including phenoxy) is 3. The summed E-state index contributed by atoms with van der Waals surface area (Å²) in [7, 11) is 0. The number of hydrogen-bond donors (Lipinski definition) is 2. The van der Waals surface area contributed by atoms with Crippen molar-refractivity contribution in [3.63, 3.8) is 0 Å². The van der Waals surface area contributed by atoms with E-state index >= 15 is 0 Å². The summed E-state index contributed by atoms with van der Waals surface area (Å²) in [5.74, 6) is 0.424. The maximum Gasteiger partial charge on any atom is 0.333 e. The van der Waals surface area contributed by atoms with Gasteiger partial charge in [-0.25, -0.2) is 9.59 Å². The summed E-state index contributed by atoms with van der Waals surface area (Å²) in [4.78, 5) is 26.0. The van der Waals surface area contributed by atoms with Gasteiger partial charge in [-0.3, -0.25) is 0 Å². The first-order valence-corrected chi connectivity index (χ1v) is 12.9. The van der Waals surface area contributed by atoms with Gasteiger partial charge in [0.15, 0.2) is 6.10 Å². The average Bonchev–Trinajstić information content (AvgIpc) is 2.92. The van der Waals surface area contributed by atoms with Gasteiger partial charge < -0.3 is 29.5 Å². The number of anilines is 1. The first kappa shape index (κ1) is 28.8. The molecule has 3 rings (SSSR count). The van der Waals surface area contributed by atoms with Crippen molar-refractivity contribution in [2.24, 2.45) is 0 Å². The maximum absolute atomic E-state index is 13.0. The van der Waals surface area contributed by atoms with E-state index in [4.69, 9.17) is 25.8 Å². The van der Waals surface area contributed by atoms with Crippen molar-refractivity contribution in [1.29, 1.82) is 0 Å². The molecular formula is C29H33ClN2O6. The number of para-hydroxylation sites is 1.